The molecule has 0 saturated heterocycles. The zero-order valence-corrected chi connectivity index (χ0v) is 15.9. The SMILES string of the molecule is CCOc1cc2c(cc1NS(=O)(=O)c1ccc3c(c1)CCC3)O[C@H](C)C2. The molecule has 0 fully saturated rings. The highest BCUT2D eigenvalue weighted by molar-refractivity contribution is 7.92. The summed E-state index contributed by atoms with van der Waals surface area (Å²) >= 11 is 0. The fraction of sp³-hybridized carbons (Fsp3) is 0.400. The Balaban J connectivity index is 1.68. The molecule has 2 aromatic rings. The van der Waals surface area contributed by atoms with Crippen LogP contribution < -0.4 is 14.2 Å². The van der Waals surface area contributed by atoms with Gasteiger partial charge in [0.2, 0.25) is 0 Å². The first-order chi connectivity index (χ1) is 12.5. The highest BCUT2D eigenvalue weighted by Gasteiger charge is 2.25. The Labute approximate surface area is 154 Å². The second kappa shape index (κ2) is 6.50. The van der Waals surface area contributed by atoms with Crippen LogP contribution in [0, 0.1) is 0 Å². The first-order valence-electron chi connectivity index (χ1n) is 9.07. The molecule has 4 rings (SSSR count). The van der Waals surface area contributed by atoms with Crippen LogP contribution >= 0.6 is 0 Å². The van der Waals surface area contributed by atoms with E-state index in [4.69, 9.17) is 9.47 Å². The lowest BCUT2D eigenvalue weighted by atomic mass is 10.1. The Hall–Kier alpha value is -2.21. The minimum atomic E-state index is -3.69. The van der Waals surface area contributed by atoms with Gasteiger partial charge in [-0.3, -0.25) is 4.72 Å². The van der Waals surface area contributed by atoms with Gasteiger partial charge in [0.05, 0.1) is 17.2 Å². The molecule has 1 aliphatic heterocycles. The van der Waals surface area contributed by atoms with E-state index in [0.29, 0.717) is 23.8 Å². The van der Waals surface area contributed by atoms with Gasteiger partial charge in [-0.2, -0.15) is 0 Å². The molecule has 0 amide bonds. The maximum atomic E-state index is 12.9. The van der Waals surface area contributed by atoms with Crippen LogP contribution in [0.4, 0.5) is 5.69 Å². The number of sulfonamides is 1. The second-order valence-electron chi connectivity index (χ2n) is 6.91. The predicted octanol–water partition coefficient (Wildman–Crippen LogP) is 3.70. The zero-order chi connectivity index (χ0) is 18.3. The van der Waals surface area contributed by atoms with Gasteiger partial charge < -0.3 is 9.47 Å². The van der Waals surface area contributed by atoms with E-state index in [9.17, 15) is 8.42 Å². The van der Waals surface area contributed by atoms with E-state index in [2.05, 4.69) is 4.72 Å². The molecular weight excluding hydrogens is 350 g/mol. The van der Waals surface area contributed by atoms with Gasteiger partial charge in [-0.15, -0.1) is 0 Å². The summed E-state index contributed by atoms with van der Waals surface area (Å²) in [5.41, 5.74) is 3.84. The van der Waals surface area contributed by atoms with Gasteiger partial charge in [0.25, 0.3) is 10.0 Å². The molecule has 1 atom stereocenters. The van der Waals surface area contributed by atoms with Gasteiger partial charge in [-0.1, -0.05) is 6.07 Å². The molecule has 6 heteroatoms. The highest BCUT2D eigenvalue weighted by Crippen LogP contribution is 2.39. The van der Waals surface area contributed by atoms with Gasteiger partial charge in [-0.05, 0) is 62.4 Å². The van der Waals surface area contributed by atoms with Crippen molar-refractivity contribution in [2.75, 3.05) is 11.3 Å². The third-order valence-corrected chi connectivity index (χ3v) is 6.29. The third-order valence-electron chi connectivity index (χ3n) is 4.92. The van der Waals surface area contributed by atoms with Crippen LogP contribution in [0.3, 0.4) is 0 Å². The van der Waals surface area contributed by atoms with Crippen LogP contribution in [0.5, 0.6) is 11.5 Å². The first kappa shape index (κ1) is 17.2. The highest BCUT2D eigenvalue weighted by atomic mass is 32.2. The molecule has 1 N–H and O–H groups in total. The fourth-order valence-corrected chi connectivity index (χ4v) is 4.82. The fourth-order valence-electron chi connectivity index (χ4n) is 3.71. The quantitative estimate of drug-likeness (QED) is 0.868. The second-order valence-corrected chi connectivity index (χ2v) is 8.59. The molecule has 2 aromatic carbocycles. The molecule has 138 valence electrons. The molecule has 0 spiro atoms. The first-order valence-corrected chi connectivity index (χ1v) is 10.6. The normalized spacial score (nSPS) is 18.2. The maximum Gasteiger partial charge on any atom is 0.262 e. The molecule has 5 nitrogen and oxygen atoms in total. The number of hydrogen-bond donors (Lipinski definition) is 1. The monoisotopic (exact) mass is 373 g/mol. The summed E-state index contributed by atoms with van der Waals surface area (Å²) in [6, 6.07) is 9.00. The van der Waals surface area contributed by atoms with Crippen LogP contribution in [0.15, 0.2) is 35.2 Å². The number of ether oxygens (including phenoxy) is 2. The van der Waals surface area contributed by atoms with E-state index < -0.39 is 10.0 Å². The van der Waals surface area contributed by atoms with Gasteiger partial charge in [0.15, 0.2) is 0 Å². The maximum absolute atomic E-state index is 12.9. The van der Waals surface area contributed by atoms with Gasteiger partial charge in [0, 0.05) is 18.1 Å². The summed E-state index contributed by atoms with van der Waals surface area (Å²) in [6.07, 6.45) is 3.93. The average molecular weight is 373 g/mol. The summed E-state index contributed by atoms with van der Waals surface area (Å²) in [4.78, 5) is 0.287. The van der Waals surface area contributed by atoms with Crippen molar-refractivity contribution in [2.24, 2.45) is 0 Å². The molecule has 26 heavy (non-hydrogen) atoms. The number of nitrogens with one attached hydrogen (secondary N) is 1. The van der Waals surface area contributed by atoms with E-state index in [0.717, 1.165) is 36.8 Å². The van der Waals surface area contributed by atoms with Gasteiger partial charge in [0.1, 0.15) is 17.6 Å². The number of benzene rings is 2. The molecule has 2 aliphatic rings. The lowest BCUT2D eigenvalue weighted by Gasteiger charge is -2.15. The van der Waals surface area contributed by atoms with E-state index in [1.807, 2.05) is 26.0 Å². The number of hydrogen-bond acceptors (Lipinski definition) is 4. The van der Waals surface area contributed by atoms with E-state index in [1.54, 1.807) is 18.2 Å². The van der Waals surface area contributed by atoms with Crippen LogP contribution in [-0.2, 0) is 29.3 Å². The average Bonchev–Trinajstić information content (AvgIpc) is 3.19. The van der Waals surface area contributed by atoms with Crippen molar-refractivity contribution in [1.82, 2.24) is 0 Å². The molecule has 1 heterocycles. The minimum Gasteiger partial charge on any atom is -0.492 e. The Morgan fingerprint density at radius 3 is 2.77 bits per heavy atom. The summed E-state index contributed by atoms with van der Waals surface area (Å²) in [5, 5.41) is 0. The van der Waals surface area contributed by atoms with Gasteiger partial charge >= 0.3 is 0 Å². The van der Waals surface area contributed by atoms with E-state index in [1.165, 1.54) is 5.56 Å². The lowest BCUT2D eigenvalue weighted by Crippen LogP contribution is -2.14. The molecule has 0 unspecified atom stereocenters. The molecule has 0 saturated carbocycles. The van der Waals surface area contributed by atoms with Crippen molar-refractivity contribution in [2.45, 2.75) is 50.5 Å². The van der Waals surface area contributed by atoms with E-state index >= 15 is 0 Å². The molecule has 0 bridgehead atoms. The summed E-state index contributed by atoms with van der Waals surface area (Å²) in [5.74, 6) is 1.25. The molecule has 0 radical (unpaired) electrons. The number of aryl methyl sites for hydroxylation is 2. The van der Waals surface area contributed by atoms with Crippen LogP contribution in [0.25, 0.3) is 0 Å². The summed E-state index contributed by atoms with van der Waals surface area (Å²) < 4.78 is 40.0. The predicted molar refractivity (Wildman–Crippen MR) is 101 cm³/mol. The van der Waals surface area contributed by atoms with Crippen molar-refractivity contribution in [3.63, 3.8) is 0 Å². The van der Waals surface area contributed by atoms with Gasteiger partial charge in [-0.25, -0.2) is 8.42 Å². The Morgan fingerprint density at radius 2 is 1.96 bits per heavy atom. The van der Waals surface area contributed by atoms with Crippen LogP contribution in [0.1, 0.15) is 37.0 Å². The summed E-state index contributed by atoms with van der Waals surface area (Å²) in [7, 11) is -3.69. The largest absolute Gasteiger partial charge is 0.492 e. The Bertz CT molecular complexity index is 953. The van der Waals surface area contributed by atoms with Crippen molar-refractivity contribution in [1.29, 1.82) is 0 Å². The standard InChI is InChI=1S/C20H23NO4S/c1-3-24-20-11-16-9-13(2)25-19(16)12-18(20)21-26(22,23)17-8-7-14-5-4-6-15(14)10-17/h7-8,10-13,21H,3-6,9H2,1-2H3/t13-/m1/s1. The minimum absolute atomic E-state index is 0.0862. The number of fused-ring (bicyclic) bond motifs is 2. The third kappa shape index (κ3) is 3.14. The molecule has 0 aromatic heterocycles. The van der Waals surface area contributed by atoms with Crippen LogP contribution in [-0.4, -0.2) is 21.1 Å². The zero-order valence-electron chi connectivity index (χ0n) is 15.0. The van der Waals surface area contributed by atoms with Crippen molar-refractivity contribution in [3.8, 4) is 11.5 Å². The molecular formula is C20H23NO4S. The smallest absolute Gasteiger partial charge is 0.262 e. The topological polar surface area (TPSA) is 64.6 Å². The lowest BCUT2D eigenvalue weighted by molar-refractivity contribution is 0.254. The van der Waals surface area contributed by atoms with E-state index in [-0.39, 0.29) is 11.0 Å². The Morgan fingerprint density at radius 1 is 1.15 bits per heavy atom. The van der Waals surface area contributed by atoms with Crippen LogP contribution in [0.2, 0.25) is 0 Å². The molecule has 1 aliphatic carbocycles. The van der Waals surface area contributed by atoms with Crippen molar-refractivity contribution in [3.05, 3.63) is 47.0 Å². The Kier molecular flexibility index (Phi) is 4.31. The van der Waals surface area contributed by atoms with Crippen molar-refractivity contribution >= 4 is 15.7 Å². The number of anilines is 1. The number of rotatable bonds is 5. The van der Waals surface area contributed by atoms with Crippen molar-refractivity contribution < 1.29 is 17.9 Å². The summed E-state index contributed by atoms with van der Waals surface area (Å²) in [6.45, 7) is 4.34.